The molecule has 1 fully saturated rings. The van der Waals surface area contributed by atoms with Crippen LogP contribution in [0.25, 0.3) is 11.4 Å². The van der Waals surface area contributed by atoms with Gasteiger partial charge in [-0.1, -0.05) is 17.3 Å². The summed E-state index contributed by atoms with van der Waals surface area (Å²) < 4.78 is 19.0. The first-order valence-electron chi connectivity index (χ1n) is 9.76. The molecule has 0 radical (unpaired) electrons. The molecule has 0 N–H and O–H groups in total. The van der Waals surface area contributed by atoms with Crippen molar-refractivity contribution in [3.05, 3.63) is 69.9 Å². The maximum atomic E-state index is 13.5. The van der Waals surface area contributed by atoms with Crippen molar-refractivity contribution in [1.82, 2.24) is 15.0 Å². The minimum Gasteiger partial charge on any atom is -0.363 e. The molecule has 156 valence electrons. The number of benzene rings is 2. The highest BCUT2D eigenvalue weighted by Gasteiger charge is 2.28. The zero-order valence-corrected chi connectivity index (χ0v) is 16.8. The van der Waals surface area contributed by atoms with Crippen LogP contribution in [0.4, 0.5) is 15.8 Å². The van der Waals surface area contributed by atoms with Gasteiger partial charge in [-0.25, -0.2) is 4.39 Å². The Balaban J connectivity index is 1.44. The minimum absolute atomic E-state index is 0.0966. The van der Waals surface area contributed by atoms with Crippen molar-refractivity contribution < 1.29 is 13.8 Å². The molecule has 0 spiro atoms. The molecule has 1 aliphatic rings. The summed E-state index contributed by atoms with van der Waals surface area (Å²) in [6.07, 6.45) is 0. The van der Waals surface area contributed by atoms with Gasteiger partial charge in [-0.2, -0.15) is 4.98 Å². The summed E-state index contributed by atoms with van der Waals surface area (Å²) in [4.78, 5) is 19.7. The first-order valence-corrected chi connectivity index (χ1v) is 9.76. The second kappa shape index (κ2) is 8.19. The van der Waals surface area contributed by atoms with E-state index in [9.17, 15) is 14.5 Å². The molecule has 0 aliphatic carbocycles. The van der Waals surface area contributed by atoms with Crippen molar-refractivity contribution in [2.75, 3.05) is 31.1 Å². The number of aryl methyl sites for hydroxylation is 1. The van der Waals surface area contributed by atoms with Crippen molar-refractivity contribution in [2.24, 2.45) is 0 Å². The lowest BCUT2D eigenvalue weighted by Gasteiger charge is -2.37. The molecule has 0 amide bonds. The quantitative estimate of drug-likeness (QED) is 0.463. The molecule has 2 heterocycles. The number of nitro groups is 1. The highest BCUT2D eigenvalue weighted by molar-refractivity contribution is 5.63. The Kier molecular flexibility index (Phi) is 5.45. The molecule has 1 saturated heterocycles. The maximum Gasteiger partial charge on any atom is 0.292 e. The third kappa shape index (κ3) is 3.88. The Morgan fingerprint density at radius 2 is 1.90 bits per heavy atom. The third-order valence-electron chi connectivity index (χ3n) is 5.50. The summed E-state index contributed by atoms with van der Waals surface area (Å²) >= 11 is 0. The van der Waals surface area contributed by atoms with Crippen LogP contribution < -0.4 is 4.90 Å². The van der Waals surface area contributed by atoms with Crippen LogP contribution in [0.1, 0.15) is 24.4 Å². The summed E-state index contributed by atoms with van der Waals surface area (Å²) in [5.41, 5.74) is 1.99. The van der Waals surface area contributed by atoms with Gasteiger partial charge in [0.2, 0.25) is 11.7 Å². The Morgan fingerprint density at radius 1 is 1.17 bits per heavy atom. The van der Waals surface area contributed by atoms with Crippen LogP contribution in [0.2, 0.25) is 0 Å². The van der Waals surface area contributed by atoms with Crippen molar-refractivity contribution >= 4 is 11.4 Å². The average molecular weight is 411 g/mol. The largest absolute Gasteiger partial charge is 0.363 e. The summed E-state index contributed by atoms with van der Waals surface area (Å²) in [7, 11) is 0. The van der Waals surface area contributed by atoms with Crippen LogP contribution in [0.3, 0.4) is 0 Å². The molecule has 1 aromatic heterocycles. The molecule has 30 heavy (non-hydrogen) atoms. The van der Waals surface area contributed by atoms with Gasteiger partial charge in [0.15, 0.2) is 0 Å². The van der Waals surface area contributed by atoms with Gasteiger partial charge in [0.1, 0.15) is 11.5 Å². The lowest BCUT2D eigenvalue weighted by Crippen LogP contribution is -2.47. The monoisotopic (exact) mass is 411 g/mol. The molecule has 1 unspecified atom stereocenters. The summed E-state index contributed by atoms with van der Waals surface area (Å²) in [5, 5.41) is 15.3. The van der Waals surface area contributed by atoms with Crippen molar-refractivity contribution in [3.8, 4) is 11.4 Å². The standard InChI is InChI=1S/C21H22FN5O3/c1-14-13-16(7-8-17(14)22)20-23-21(30-24-20)15(2)25-9-11-26(12-10-25)18-5-3-4-6-19(18)27(28)29/h3-8,13,15H,9-12H2,1-2H3. The molecular formula is C21H22FN5O3. The number of rotatable bonds is 5. The fourth-order valence-corrected chi connectivity index (χ4v) is 3.70. The highest BCUT2D eigenvalue weighted by atomic mass is 19.1. The SMILES string of the molecule is Cc1cc(-c2noc(C(C)N3CCN(c4ccccc4[N+](=O)[O-])CC3)n2)ccc1F. The molecule has 2 aromatic carbocycles. The number of nitro benzene ring substituents is 1. The van der Waals surface area contributed by atoms with E-state index in [4.69, 9.17) is 4.52 Å². The Labute approximate surface area is 173 Å². The molecule has 8 nitrogen and oxygen atoms in total. The van der Waals surface area contributed by atoms with Crippen LogP contribution in [0.15, 0.2) is 47.0 Å². The van der Waals surface area contributed by atoms with Gasteiger partial charge in [-0.3, -0.25) is 15.0 Å². The van der Waals surface area contributed by atoms with Gasteiger partial charge in [0.25, 0.3) is 5.69 Å². The number of piperazine rings is 1. The number of halogens is 1. The van der Waals surface area contributed by atoms with Gasteiger partial charge in [0.05, 0.1) is 11.0 Å². The lowest BCUT2D eigenvalue weighted by atomic mass is 10.1. The van der Waals surface area contributed by atoms with Crippen LogP contribution in [-0.2, 0) is 0 Å². The number of nitrogens with zero attached hydrogens (tertiary/aromatic N) is 5. The van der Waals surface area contributed by atoms with E-state index in [1.165, 1.54) is 12.1 Å². The van der Waals surface area contributed by atoms with E-state index in [1.54, 1.807) is 31.2 Å². The van der Waals surface area contributed by atoms with Crippen LogP contribution in [0.5, 0.6) is 0 Å². The Morgan fingerprint density at radius 3 is 2.60 bits per heavy atom. The third-order valence-corrected chi connectivity index (χ3v) is 5.50. The van der Waals surface area contributed by atoms with E-state index in [2.05, 4.69) is 15.0 Å². The van der Waals surface area contributed by atoms with Crippen molar-refractivity contribution in [1.29, 1.82) is 0 Å². The molecule has 3 aromatic rings. The number of hydrogen-bond donors (Lipinski definition) is 0. The predicted octanol–water partition coefficient (Wildman–Crippen LogP) is 3.98. The van der Waals surface area contributed by atoms with E-state index in [1.807, 2.05) is 17.9 Å². The number of hydrogen-bond acceptors (Lipinski definition) is 7. The zero-order chi connectivity index (χ0) is 21.3. The van der Waals surface area contributed by atoms with Gasteiger partial charge >= 0.3 is 0 Å². The predicted molar refractivity (Wildman–Crippen MR) is 110 cm³/mol. The van der Waals surface area contributed by atoms with E-state index in [0.29, 0.717) is 54.7 Å². The van der Waals surface area contributed by atoms with Crippen LogP contribution >= 0.6 is 0 Å². The number of para-hydroxylation sites is 2. The number of anilines is 1. The molecule has 0 saturated carbocycles. The number of aromatic nitrogens is 2. The summed E-state index contributed by atoms with van der Waals surface area (Å²) in [6.45, 7) is 6.43. The average Bonchev–Trinajstić information content (AvgIpc) is 3.25. The molecular weight excluding hydrogens is 389 g/mol. The smallest absolute Gasteiger partial charge is 0.292 e. The van der Waals surface area contributed by atoms with E-state index >= 15 is 0 Å². The minimum atomic E-state index is -0.346. The molecule has 4 rings (SSSR count). The molecule has 1 aliphatic heterocycles. The van der Waals surface area contributed by atoms with Crippen LogP contribution in [-0.4, -0.2) is 46.1 Å². The van der Waals surface area contributed by atoms with Gasteiger partial charge in [-0.05, 0) is 43.7 Å². The normalized spacial score (nSPS) is 15.9. The van der Waals surface area contributed by atoms with Gasteiger partial charge in [-0.15, -0.1) is 0 Å². The van der Waals surface area contributed by atoms with Crippen LogP contribution in [0, 0.1) is 22.9 Å². The maximum absolute atomic E-state index is 13.5. The fraction of sp³-hybridized carbons (Fsp3) is 0.333. The van der Waals surface area contributed by atoms with E-state index in [-0.39, 0.29) is 22.5 Å². The Bertz CT molecular complexity index is 1060. The second-order valence-electron chi connectivity index (χ2n) is 7.36. The topological polar surface area (TPSA) is 88.5 Å². The summed E-state index contributed by atoms with van der Waals surface area (Å²) in [5.74, 6) is 0.650. The van der Waals surface area contributed by atoms with E-state index in [0.717, 1.165) is 0 Å². The molecule has 1 atom stereocenters. The zero-order valence-electron chi connectivity index (χ0n) is 16.8. The second-order valence-corrected chi connectivity index (χ2v) is 7.36. The molecule has 9 heteroatoms. The van der Waals surface area contributed by atoms with Gasteiger partial charge < -0.3 is 9.42 Å². The Hall–Kier alpha value is -3.33. The highest BCUT2D eigenvalue weighted by Crippen LogP contribution is 2.30. The van der Waals surface area contributed by atoms with Crippen molar-refractivity contribution in [3.63, 3.8) is 0 Å². The summed E-state index contributed by atoms with van der Waals surface area (Å²) in [6, 6.07) is 11.4. The first kappa shape index (κ1) is 20.0. The fourth-order valence-electron chi connectivity index (χ4n) is 3.70. The first-order chi connectivity index (χ1) is 14.4. The lowest BCUT2D eigenvalue weighted by molar-refractivity contribution is -0.384. The van der Waals surface area contributed by atoms with Crippen molar-refractivity contribution in [2.45, 2.75) is 19.9 Å². The van der Waals surface area contributed by atoms with E-state index < -0.39 is 0 Å². The molecule has 0 bridgehead atoms. The van der Waals surface area contributed by atoms with Gasteiger partial charge in [0, 0.05) is 37.8 Å².